The van der Waals surface area contributed by atoms with E-state index in [9.17, 15) is 0 Å². The first-order chi connectivity index (χ1) is 9.67. The Kier molecular flexibility index (Phi) is 5.40. The first-order valence-corrected chi connectivity index (χ1v) is 7.40. The van der Waals surface area contributed by atoms with Gasteiger partial charge in [0.25, 0.3) is 0 Å². The molecule has 20 heavy (non-hydrogen) atoms. The third-order valence-corrected chi connectivity index (χ3v) is 4.13. The Balaban J connectivity index is 2.00. The van der Waals surface area contributed by atoms with Gasteiger partial charge in [-0.2, -0.15) is 0 Å². The van der Waals surface area contributed by atoms with Gasteiger partial charge in [-0.15, -0.1) is 0 Å². The Hall–Kier alpha value is -1.10. The van der Waals surface area contributed by atoms with Crippen LogP contribution in [0.25, 0.3) is 0 Å². The third-order valence-electron chi connectivity index (χ3n) is 4.13. The fourth-order valence-electron chi connectivity index (χ4n) is 2.98. The van der Waals surface area contributed by atoms with Crippen molar-refractivity contribution in [1.29, 1.82) is 0 Å². The maximum atomic E-state index is 5.76. The van der Waals surface area contributed by atoms with Crippen LogP contribution in [0.2, 0.25) is 0 Å². The zero-order valence-corrected chi connectivity index (χ0v) is 12.7. The van der Waals surface area contributed by atoms with Crippen LogP contribution in [-0.4, -0.2) is 19.8 Å². The van der Waals surface area contributed by atoms with Gasteiger partial charge in [0.05, 0.1) is 13.2 Å². The summed E-state index contributed by atoms with van der Waals surface area (Å²) in [7, 11) is 1.70. The number of ether oxygens (including phenoxy) is 2. The highest BCUT2D eigenvalue weighted by Crippen LogP contribution is 2.38. The minimum atomic E-state index is 0.137. The van der Waals surface area contributed by atoms with Gasteiger partial charge in [0, 0.05) is 18.2 Å². The second-order valence-electron chi connectivity index (χ2n) is 5.62. The molecule has 0 aliphatic heterocycles. The number of hydrogen-bond acceptors (Lipinski definition) is 4. The van der Waals surface area contributed by atoms with Crippen LogP contribution in [0.15, 0.2) is 18.2 Å². The molecule has 1 aromatic carbocycles. The van der Waals surface area contributed by atoms with Gasteiger partial charge in [-0.05, 0) is 45.1 Å². The predicted molar refractivity (Wildman–Crippen MR) is 80.6 cm³/mol. The van der Waals surface area contributed by atoms with Crippen molar-refractivity contribution in [2.24, 2.45) is 11.8 Å². The van der Waals surface area contributed by atoms with Crippen LogP contribution in [-0.2, 0) is 4.74 Å². The normalized spacial score (nSPS) is 23.2. The predicted octanol–water partition coefficient (Wildman–Crippen LogP) is 2.71. The van der Waals surface area contributed by atoms with E-state index in [1.54, 1.807) is 7.11 Å². The zero-order chi connectivity index (χ0) is 14.5. The summed E-state index contributed by atoms with van der Waals surface area (Å²) < 4.78 is 11.1. The monoisotopic (exact) mass is 278 g/mol. The summed E-state index contributed by atoms with van der Waals surface area (Å²) in [5, 5.41) is 0. The molecular formula is C16H26N2O2. The quantitative estimate of drug-likeness (QED) is 0.595. The lowest BCUT2D eigenvalue weighted by molar-refractivity contribution is -0.0292. The lowest BCUT2D eigenvalue weighted by Crippen LogP contribution is -2.36. The number of hydrazine groups is 1. The molecule has 0 amide bonds. The average molecular weight is 278 g/mol. The van der Waals surface area contributed by atoms with Gasteiger partial charge in [-0.25, -0.2) is 0 Å². The van der Waals surface area contributed by atoms with Crippen molar-refractivity contribution in [1.82, 2.24) is 5.43 Å². The molecule has 0 heterocycles. The molecule has 0 aromatic heterocycles. The fraction of sp³-hybridized carbons (Fsp3) is 0.625. The van der Waals surface area contributed by atoms with Crippen molar-refractivity contribution >= 4 is 0 Å². The molecule has 2 rings (SSSR count). The van der Waals surface area contributed by atoms with Crippen LogP contribution in [0.4, 0.5) is 0 Å². The van der Waals surface area contributed by atoms with Crippen LogP contribution in [0.5, 0.6) is 5.75 Å². The molecule has 4 heteroatoms. The van der Waals surface area contributed by atoms with Crippen LogP contribution >= 0.6 is 0 Å². The molecular weight excluding hydrogens is 252 g/mol. The molecule has 0 radical (unpaired) electrons. The number of aryl methyl sites for hydroxylation is 1. The molecule has 0 saturated heterocycles. The van der Waals surface area contributed by atoms with Gasteiger partial charge < -0.3 is 9.47 Å². The van der Waals surface area contributed by atoms with E-state index in [0.717, 1.165) is 37.2 Å². The highest BCUT2D eigenvalue weighted by atomic mass is 16.5. The lowest BCUT2D eigenvalue weighted by atomic mass is 9.77. The molecule has 1 atom stereocenters. The van der Waals surface area contributed by atoms with Crippen molar-refractivity contribution in [2.45, 2.75) is 45.3 Å². The smallest absolute Gasteiger partial charge is 0.123 e. The first kappa shape index (κ1) is 15.3. The molecule has 1 unspecified atom stereocenters. The molecule has 112 valence electrons. The Bertz CT molecular complexity index is 430. The van der Waals surface area contributed by atoms with Crippen LogP contribution in [0.3, 0.4) is 0 Å². The summed E-state index contributed by atoms with van der Waals surface area (Å²) in [6.45, 7) is 4.95. The average Bonchev–Trinajstić information content (AvgIpc) is 2.41. The molecule has 0 bridgehead atoms. The number of rotatable bonds is 7. The van der Waals surface area contributed by atoms with Crippen molar-refractivity contribution in [3.63, 3.8) is 0 Å². The van der Waals surface area contributed by atoms with E-state index in [2.05, 4.69) is 31.4 Å². The second kappa shape index (κ2) is 7.07. The van der Waals surface area contributed by atoms with Gasteiger partial charge in [0.2, 0.25) is 0 Å². The van der Waals surface area contributed by atoms with E-state index < -0.39 is 0 Å². The number of nitrogens with two attached hydrogens (primary N) is 1. The van der Waals surface area contributed by atoms with Crippen LogP contribution < -0.4 is 16.0 Å². The Morgan fingerprint density at radius 2 is 2.15 bits per heavy atom. The van der Waals surface area contributed by atoms with Crippen molar-refractivity contribution < 1.29 is 9.47 Å². The van der Waals surface area contributed by atoms with E-state index >= 15 is 0 Å². The Labute approximate surface area is 121 Å². The van der Waals surface area contributed by atoms with E-state index in [1.165, 1.54) is 5.56 Å². The van der Waals surface area contributed by atoms with Gasteiger partial charge >= 0.3 is 0 Å². The third kappa shape index (κ3) is 3.51. The summed E-state index contributed by atoms with van der Waals surface area (Å²) in [6, 6.07) is 6.36. The maximum Gasteiger partial charge on any atom is 0.123 e. The minimum Gasteiger partial charge on any atom is -0.496 e. The standard InChI is InChI=1S/C16H26N2O2/c1-4-20-13-8-12(9-13)10-15(18-17)14-7-11(2)5-6-16(14)19-3/h5-7,12-13,15,18H,4,8-10,17H2,1-3H3. The van der Waals surface area contributed by atoms with E-state index in [1.807, 2.05) is 6.07 Å². The lowest BCUT2D eigenvalue weighted by Gasteiger charge is -2.37. The number of nitrogens with one attached hydrogen (secondary N) is 1. The number of benzene rings is 1. The van der Waals surface area contributed by atoms with Gasteiger partial charge in [-0.3, -0.25) is 11.3 Å². The van der Waals surface area contributed by atoms with Crippen molar-refractivity contribution in [3.8, 4) is 5.75 Å². The van der Waals surface area contributed by atoms with E-state index in [-0.39, 0.29) is 6.04 Å². The van der Waals surface area contributed by atoms with E-state index in [0.29, 0.717) is 12.0 Å². The molecule has 1 saturated carbocycles. The maximum absolute atomic E-state index is 5.76. The molecule has 0 spiro atoms. The molecule has 1 aliphatic carbocycles. The Morgan fingerprint density at radius 3 is 2.75 bits per heavy atom. The summed E-state index contributed by atoms with van der Waals surface area (Å²) in [4.78, 5) is 0. The summed E-state index contributed by atoms with van der Waals surface area (Å²) in [6.07, 6.45) is 3.75. The molecule has 4 nitrogen and oxygen atoms in total. The Morgan fingerprint density at radius 1 is 1.40 bits per heavy atom. The topological polar surface area (TPSA) is 56.5 Å². The van der Waals surface area contributed by atoms with Gasteiger partial charge in [0.15, 0.2) is 0 Å². The largest absolute Gasteiger partial charge is 0.496 e. The number of hydrogen-bond donors (Lipinski definition) is 2. The second-order valence-corrected chi connectivity index (χ2v) is 5.62. The highest BCUT2D eigenvalue weighted by molar-refractivity contribution is 5.39. The van der Waals surface area contributed by atoms with Gasteiger partial charge in [-0.1, -0.05) is 17.7 Å². The molecule has 1 aromatic rings. The van der Waals surface area contributed by atoms with E-state index in [4.69, 9.17) is 15.3 Å². The summed E-state index contributed by atoms with van der Waals surface area (Å²) >= 11 is 0. The molecule has 3 N–H and O–H groups in total. The molecule has 1 fully saturated rings. The zero-order valence-electron chi connectivity index (χ0n) is 12.7. The van der Waals surface area contributed by atoms with Crippen LogP contribution in [0, 0.1) is 12.8 Å². The number of methoxy groups -OCH3 is 1. The van der Waals surface area contributed by atoms with Crippen LogP contribution in [0.1, 0.15) is 43.4 Å². The van der Waals surface area contributed by atoms with Crippen molar-refractivity contribution in [3.05, 3.63) is 29.3 Å². The first-order valence-electron chi connectivity index (χ1n) is 7.40. The summed E-state index contributed by atoms with van der Waals surface area (Å²) in [5.41, 5.74) is 5.32. The highest BCUT2D eigenvalue weighted by Gasteiger charge is 2.32. The summed E-state index contributed by atoms with van der Waals surface area (Å²) in [5.74, 6) is 7.34. The fourth-order valence-corrected chi connectivity index (χ4v) is 2.98. The van der Waals surface area contributed by atoms with Gasteiger partial charge in [0.1, 0.15) is 5.75 Å². The SMILES string of the molecule is CCOC1CC(CC(NN)c2cc(C)ccc2OC)C1. The minimum absolute atomic E-state index is 0.137. The molecule has 1 aliphatic rings. The van der Waals surface area contributed by atoms with Crippen molar-refractivity contribution in [2.75, 3.05) is 13.7 Å².